The number of carbonyl (C=O) groups is 1. The number of benzene rings is 1. The van der Waals surface area contributed by atoms with E-state index >= 15 is 0 Å². The van der Waals surface area contributed by atoms with E-state index in [0.29, 0.717) is 0 Å². The molecule has 0 saturated heterocycles. The minimum atomic E-state index is -0.140. The van der Waals surface area contributed by atoms with Crippen molar-refractivity contribution in [3.05, 3.63) is 45.9 Å². The van der Waals surface area contributed by atoms with Gasteiger partial charge in [-0.25, -0.2) is 4.98 Å². The van der Waals surface area contributed by atoms with Crippen LogP contribution in [0.1, 0.15) is 36.2 Å². The van der Waals surface area contributed by atoms with Crippen LogP contribution in [0.4, 0.5) is 0 Å². The van der Waals surface area contributed by atoms with Crippen LogP contribution in [-0.4, -0.2) is 17.5 Å². The summed E-state index contributed by atoms with van der Waals surface area (Å²) in [6.07, 6.45) is 0.881. The van der Waals surface area contributed by atoms with Crippen LogP contribution >= 0.6 is 11.3 Å². The smallest absolute Gasteiger partial charge is 0.258 e. The lowest BCUT2D eigenvalue weighted by atomic mass is 10.1. The topological polar surface area (TPSA) is 51.2 Å². The summed E-state index contributed by atoms with van der Waals surface area (Å²) in [4.78, 5) is 16.3. The first-order valence-electron chi connectivity index (χ1n) is 7.02. The lowest BCUT2D eigenvalue weighted by Crippen LogP contribution is -2.31. The van der Waals surface area contributed by atoms with E-state index in [1.165, 1.54) is 0 Å². The normalized spacial score (nSPS) is 12.0. The maximum absolute atomic E-state index is 11.9. The molecule has 0 radical (unpaired) electrons. The van der Waals surface area contributed by atoms with Crippen LogP contribution in [0.25, 0.3) is 0 Å². The predicted molar refractivity (Wildman–Crippen MR) is 84.7 cm³/mol. The van der Waals surface area contributed by atoms with Crippen molar-refractivity contribution in [1.82, 2.24) is 10.3 Å². The SMILES string of the molecule is CCc1ccccc1OCC(=O)NC(C)c1csc(C)n1. The second-order valence-corrected chi connectivity index (χ2v) is 5.89. The van der Waals surface area contributed by atoms with Gasteiger partial charge in [-0.15, -0.1) is 11.3 Å². The Bertz CT molecular complexity index is 610. The van der Waals surface area contributed by atoms with Crippen molar-refractivity contribution in [3.8, 4) is 5.75 Å². The summed E-state index contributed by atoms with van der Waals surface area (Å²) in [6.45, 7) is 5.96. The molecule has 0 fully saturated rings. The first-order chi connectivity index (χ1) is 10.1. The summed E-state index contributed by atoms with van der Waals surface area (Å²) >= 11 is 1.58. The molecule has 0 aliphatic rings. The molecule has 1 heterocycles. The number of hydrogen-bond acceptors (Lipinski definition) is 4. The van der Waals surface area contributed by atoms with Crippen molar-refractivity contribution >= 4 is 17.2 Å². The van der Waals surface area contributed by atoms with Gasteiger partial charge in [-0.2, -0.15) is 0 Å². The van der Waals surface area contributed by atoms with Gasteiger partial charge in [-0.3, -0.25) is 4.79 Å². The van der Waals surface area contributed by atoms with Gasteiger partial charge < -0.3 is 10.1 Å². The molecule has 5 heteroatoms. The summed E-state index contributed by atoms with van der Waals surface area (Å²) < 4.78 is 5.60. The third kappa shape index (κ3) is 4.29. The Hall–Kier alpha value is -1.88. The number of aromatic nitrogens is 1. The number of thiazole rings is 1. The Balaban J connectivity index is 1.87. The maximum Gasteiger partial charge on any atom is 0.258 e. The molecule has 0 bridgehead atoms. The molecule has 112 valence electrons. The lowest BCUT2D eigenvalue weighted by Gasteiger charge is -2.13. The van der Waals surface area contributed by atoms with Gasteiger partial charge in [0.1, 0.15) is 5.75 Å². The number of amides is 1. The number of aryl methyl sites for hydroxylation is 2. The number of nitrogens with one attached hydrogen (secondary N) is 1. The minimum absolute atomic E-state index is 0.0183. The highest BCUT2D eigenvalue weighted by Crippen LogP contribution is 2.18. The summed E-state index contributed by atoms with van der Waals surface area (Å²) in [6, 6.07) is 7.67. The summed E-state index contributed by atoms with van der Waals surface area (Å²) in [5.74, 6) is 0.631. The van der Waals surface area contributed by atoms with Crippen LogP contribution in [0.2, 0.25) is 0 Å². The fourth-order valence-electron chi connectivity index (χ4n) is 2.02. The molecule has 1 N–H and O–H groups in total. The fraction of sp³-hybridized carbons (Fsp3) is 0.375. The highest BCUT2D eigenvalue weighted by molar-refractivity contribution is 7.09. The second kappa shape index (κ2) is 7.22. The van der Waals surface area contributed by atoms with Gasteiger partial charge in [0, 0.05) is 5.38 Å². The highest BCUT2D eigenvalue weighted by atomic mass is 32.1. The van der Waals surface area contributed by atoms with Crippen molar-refractivity contribution in [2.24, 2.45) is 0 Å². The molecule has 1 aromatic carbocycles. The van der Waals surface area contributed by atoms with Crippen LogP contribution in [0.3, 0.4) is 0 Å². The van der Waals surface area contributed by atoms with E-state index in [-0.39, 0.29) is 18.6 Å². The van der Waals surface area contributed by atoms with Crippen LogP contribution in [0.5, 0.6) is 5.75 Å². The maximum atomic E-state index is 11.9. The number of carbonyl (C=O) groups excluding carboxylic acids is 1. The second-order valence-electron chi connectivity index (χ2n) is 4.83. The highest BCUT2D eigenvalue weighted by Gasteiger charge is 2.13. The molecule has 0 aliphatic heterocycles. The van der Waals surface area contributed by atoms with Gasteiger partial charge in [0.2, 0.25) is 0 Å². The molecule has 21 heavy (non-hydrogen) atoms. The largest absolute Gasteiger partial charge is 0.483 e. The van der Waals surface area contributed by atoms with Crippen molar-refractivity contribution in [2.45, 2.75) is 33.2 Å². The molecule has 0 aliphatic carbocycles. The monoisotopic (exact) mass is 304 g/mol. The van der Waals surface area contributed by atoms with Crippen LogP contribution in [-0.2, 0) is 11.2 Å². The van der Waals surface area contributed by atoms with Gasteiger partial charge in [0.05, 0.1) is 16.7 Å². The zero-order valence-electron chi connectivity index (χ0n) is 12.6. The molecular weight excluding hydrogens is 284 g/mol. The molecule has 1 unspecified atom stereocenters. The van der Waals surface area contributed by atoms with Crippen LogP contribution < -0.4 is 10.1 Å². The molecule has 1 atom stereocenters. The third-order valence-corrected chi connectivity index (χ3v) is 3.96. The summed E-state index contributed by atoms with van der Waals surface area (Å²) in [5.41, 5.74) is 1.99. The number of nitrogens with zero attached hydrogens (tertiary/aromatic N) is 1. The number of hydrogen-bond donors (Lipinski definition) is 1. The summed E-state index contributed by atoms with van der Waals surface area (Å²) in [7, 11) is 0. The number of rotatable bonds is 6. The fourth-order valence-corrected chi connectivity index (χ4v) is 2.72. The Kier molecular flexibility index (Phi) is 5.33. The van der Waals surface area contributed by atoms with Gasteiger partial charge in [-0.1, -0.05) is 25.1 Å². The molecule has 4 nitrogen and oxygen atoms in total. The average molecular weight is 304 g/mol. The molecular formula is C16H20N2O2S. The quantitative estimate of drug-likeness (QED) is 0.891. The lowest BCUT2D eigenvalue weighted by molar-refractivity contribution is -0.123. The molecule has 0 spiro atoms. The minimum Gasteiger partial charge on any atom is -0.483 e. The Labute approximate surface area is 129 Å². The third-order valence-electron chi connectivity index (χ3n) is 3.17. The first-order valence-corrected chi connectivity index (χ1v) is 7.90. The Morgan fingerprint density at radius 1 is 1.43 bits per heavy atom. The molecule has 0 saturated carbocycles. The summed E-state index contributed by atoms with van der Waals surface area (Å²) in [5, 5.41) is 5.86. The molecule has 2 rings (SSSR count). The van der Waals surface area contributed by atoms with Crippen molar-refractivity contribution in [1.29, 1.82) is 0 Å². The molecule has 2 aromatic rings. The predicted octanol–water partition coefficient (Wildman–Crippen LogP) is 3.27. The van der Waals surface area contributed by atoms with Gasteiger partial charge in [-0.05, 0) is 31.9 Å². The Morgan fingerprint density at radius 3 is 2.86 bits per heavy atom. The van der Waals surface area contributed by atoms with E-state index in [0.717, 1.165) is 28.4 Å². The molecule has 1 aromatic heterocycles. The van der Waals surface area contributed by atoms with Crippen LogP contribution in [0, 0.1) is 6.92 Å². The van der Waals surface area contributed by atoms with E-state index in [1.54, 1.807) is 11.3 Å². The van der Waals surface area contributed by atoms with E-state index in [9.17, 15) is 4.79 Å². The number of ether oxygens (including phenoxy) is 1. The number of para-hydroxylation sites is 1. The van der Waals surface area contributed by atoms with E-state index in [4.69, 9.17) is 4.74 Å². The van der Waals surface area contributed by atoms with Crippen LogP contribution in [0.15, 0.2) is 29.6 Å². The van der Waals surface area contributed by atoms with Gasteiger partial charge >= 0.3 is 0 Å². The van der Waals surface area contributed by atoms with E-state index < -0.39 is 0 Å². The van der Waals surface area contributed by atoms with Gasteiger partial charge in [0.25, 0.3) is 5.91 Å². The standard InChI is InChI=1S/C16H20N2O2S/c1-4-13-7-5-6-8-15(13)20-9-16(19)17-11(2)14-10-21-12(3)18-14/h5-8,10-11H,4,9H2,1-3H3,(H,17,19). The van der Waals surface area contributed by atoms with Gasteiger partial charge in [0.15, 0.2) is 6.61 Å². The zero-order chi connectivity index (χ0) is 15.2. The van der Waals surface area contributed by atoms with Crippen molar-refractivity contribution in [3.63, 3.8) is 0 Å². The zero-order valence-corrected chi connectivity index (χ0v) is 13.4. The van der Waals surface area contributed by atoms with Crippen molar-refractivity contribution in [2.75, 3.05) is 6.61 Å². The van der Waals surface area contributed by atoms with Crippen molar-refractivity contribution < 1.29 is 9.53 Å². The molecule has 1 amide bonds. The Morgan fingerprint density at radius 2 is 2.19 bits per heavy atom. The average Bonchev–Trinajstić information content (AvgIpc) is 2.92. The van der Waals surface area contributed by atoms with E-state index in [2.05, 4.69) is 17.2 Å². The van der Waals surface area contributed by atoms with E-state index in [1.807, 2.05) is 43.5 Å². The first kappa shape index (κ1) is 15.5.